The van der Waals surface area contributed by atoms with E-state index in [0.29, 0.717) is 19.4 Å². The Morgan fingerprint density at radius 2 is 0.576 bits per heavy atom. The molecule has 0 aliphatic rings. The Bertz CT molecular complexity index is 1010. The third-order valence-electron chi connectivity index (χ3n) is 13.5. The van der Waals surface area contributed by atoms with Crippen molar-refractivity contribution in [1.29, 1.82) is 0 Å². The summed E-state index contributed by atoms with van der Waals surface area (Å²) in [4.78, 5) is 25.3. The molecule has 0 rings (SSSR count). The smallest absolute Gasteiger partial charge is 0.305 e. The fraction of sp³-hybridized carbons (Fsp3) is 0.902. The predicted octanol–water partition coefficient (Wildman–Crippen LogP) is 20.4. The van der Waals surface area contributed by atoms with E-state index in [1.807, 2.05) is 0 Å². The van der Waals surface area contributed by atoms with E-state index in [1.54, 1.807) is 0 Å². The van der Waals surface area contributed by atoms with Crippen LogP contribution in [0.3, 0.4) is 0 Å². The lowest BCUT2D eigenvalue weighted by Gasteiger charge is -2.18. The van der Waals surface area contributed by atoms with Crippen molar-refractivity contribution in [3.63, 3.8) is 0 Å². The monoisotopic (exact) mass is 929 g/mol. The maximum absolute atomic E-state index is 12.7. The minimum atomic E-state index is -0.397. The first kappa shape index (κ1) is 64.4. The number of esters is 2. The molecule has 0 aromatic heterocycles. The molecular weight excluding hydrogens is 813 g/mol. The molecule has 1 atom stereocenters. The molecule has 0 bridgehead atoms. The van der Waals surface area contributed by atoms with Crippen molar-refractivity contribution in [2.75, 3.05) is 19.8 Å². The Morgan fingerprint density at radius 1 is 0.318 bits per heavy atom. The molecule has 0 aliphatic heterocycles. The van der Waals surface area contributed by atoms with Gasteiger partial charge in [-0.3, -0.25) is 9.59 Å². The number of hydrogen-bond donors (Lipinski definition) is 0. The standard InChI is InChI=1S/C61H116O5/c1-4-7-10-13-16-19-22-25-28-31-33-36-39-42-45-48-51-54-60(62)65-57-59(64-56-53-50-47-44-41-38-35-30-27-24-21-18-15-12-9-6-3)58-66-61(63)55-52-49-46-43-40-37-34-32-29-26-23-20-17-14-11-8-5-2/h16,19,25,28,59H,4-15,17-18,20-24,26-27,29-58H2,1-3H3/b19-16-,28-25-/t59-/m1/s1. The first-order valence-electron chi connectivity index (χ1n) is 29.9. The van der Waals surface area contributed by atoms with Gasteiger partial charge in [-0.15, -0.1) is 0 Å². The Morgan fingerprint density at radius 3 is 0.909 bits per heavy atom. The molecule has 0 aromatic rings. The molecule has 0 aliphatic carbocycles. The predicted molar refractivity (Wildman–Crippen MR) is 289 cm³/mol. The van der Waals surface area contributed by atoms with Gasteiger partial charge in [0, 0.05) is 19.4 Å². The highest BCUT2D eigenvalue weighted by atomic mass is 16.6. The van der Waals surface area contributed by atoms with Crippen molar-refractivity contribution in [2.45, 2.75) is 335 Å². The third kappa shape index (κ3) is 55.0. The van der Waals surface area contributed by atoms with Crippen LogP contribution in [-0.4, -0.2) is 37.9 Å². The summed E-state index contributed by atoms with van der Waals surface area (Å²) in [6.07, 6.45) is 69.3. The summed E-state index contributed by atoms with van der Waals surface area (Å²) < 4.78 is 17.5. The molecular formula is C61H116O5. The van der Waals surface area contributed by atoms with Crippen LogP contribution < -0.4 is 0 Å². The number of hydrogen-bond acceptors (Lipinski definition) is 5. The van der Waals surface area contributed by atoms with Gasteiger partial charge < -0.3 is 14.2 Å². The van der Waals surface area contributed by atoms with Gasteiger partial charge in [0.25, 0.3) is 0 Å². The van der Waals surface area contributed by atoms with Gasteiger partial charge in [-0.1, -0.05) is 289 Å². The number of rotatable bonds is 56. The van der Waals surface area contributed by atoms with Crippen molar-refractivity contribution < 1.29 is 23.8 Å². The second kappa shape index (κ2) is 57.7. The van der Waals surface area contributed by atoms with Gasteiger partial charge in [0.15, 0.2) is 0 Å². The van der Waals surface area contributed by atoms with E-state index in [-0.39, 0.29) is 25.2 Å². The zero-order valence-corrected chi connectivity index (χ0v) is 45.0. The minimum Gasteiger partial charge on any atom is -0.463 e. The number of carbonyl (C=O) groups is 2. The molecule has 0 heterocycles. The van der Waals surface area contributed by atoms with Gasteiger partial charge in [0.2, 0.25) is 0 Å². The summed E-state index contributed by atoms with van der Waals surface area (Å²) >= 11 is 0. The summed E-state index contributed by atoms with van der Waals surface area (Å²) in [7, 11) is 0. The summed E-state index contributed by atoms with van der Waals surface area (Å²) in [5.74, 6) is -0.320. The lowest BCUT2D eigenvalue weighted by Crippen LogP contribution is -2.29. The molecule has 0 saturated heterocycles. The number of carbonyl (C=O) groups excluding carboxylic acids is 2. The molecule has 0 fully saturated rings. The molecule has 0 amide bonds. The summed E-state index contributed by atoms with van der Waals surface area (Å²) in [5.41, 5.74) is 0. The first-order valence-corrected chi connectivity index (χ1v) is 29.9. The number of allylic oxidation sites excluding steroid dienone is 4. The van der Waals surface area contributed by atoms with E-state index < -0.39 is 6.10 Å². The average Bonchev–Trinajstić information content (AvgIpc) is 3.32. The van der Waals surface area contributed by atoms with Crippen LogP contribution in [0.5, 0.6) is 0 Å². The van der Waals surface area contributed by atoms with Gasteiger partial charge in [-0.25, -0.2) is 0 Å². The van der Waals surface area contributed by atoms with Crippen LogP contribution in [0.1, 0.15) is 329 Å². The second-order valence-corrected chi connectivity index (χ2v) is 20.3. The van der Waals surface area contributed by atoms with Crippen molar-refractivity contribution in [2.24, 2.45) is 0 Å². The van der Waals surface area contributed by atoms with Gasteiger partial charge in [0.1, 0.15) is 19.3 Å². The Balaban J connectivity index is 4.21. The second-order valence-electron chi connectivity index (χ2n) is 20.3. The van der Waals surface area contributed by atoms with E-state index in [4.69, 9.17) is 14.2 Å². The maximum atomic E-state index is 12.7. The topological polar surface area (TPSA) is 61.8 Å². The third-order valence-corrected chi connectivity index (χ3v) is 13.5. The molecule has 66 heavy (non-hydrogen) atoms. The Hall–Kier alpha value is -1.62. The SMILES string of the molecule is CCCCC/C=C\C/C=C\CCCCCCCCCC(=O)OC[C@H](COC(=O)CCCCCCCCCCCCCCCCCCC)OCCCCCCCCCCCCCCCCCC. The highest BCUT2D eigenvalue weighted by Crippen LogP contribution is 2.17. The van der Waals surface area contributed by atoms with Gasteiger partial charge >= 0.3 is 11.9 Å². The van der Waals surface area contributed by atoms with Crippen LogP contribution in [0, 0.1) is 0 Å². The van der Waals surface area contributed by atoms with E-state index in [9.17, 15) is 9.59 Å². The van der Waals surface area contributed by atoms with Gasteiger partial charge in [0.05, 0.1) is 0 Å². The lowest BCUT2D eigenvalue weighted by atomic mass is 10.0. The van der Waals surface area contributed by atoms with E-state index in [1.165, 1.54) is 250 Å². The van der Waals surface area contributed by atoms with E-state index >= 15 is 0 Å². The Kier molecular flexibility index (Phi) is 56.3. The zero-order chi connectivity index (χ0) is 47.7. The molecule has 0 spiro atoms. The van der Waals surface area contributed by atoms with E-state index in [2.05, 4.69) is 45.1 Å². The molecule has 0 N–H and O–H groups in total. The molecule has 0 aromatic carbocycles. The fourth-order valence-corrected chi connectivity index (χ4v) is 8.99. The molecule has 5 nitrogen and oxygen atoms in total. The highest BCUT2D eigenvalue weighted by Gasteiger charge is 2.16. The molecule has 0 radical (unpaired) electrons. The molecule has 0 unspecified atom stereocenters. The maximum Gasteiger partial charge on any atom is 0.305 e. The van der Waals surface area contributed by atoms with Crippen LogP contribution in [0.4, 0.5) is 0 Å². The van der Waals surface area contributed by atoms with Crippen LogP contribution in [-0.2, 0) is 23.8 Å². The Labute approximate surface area is 413 Å². The van der Waals surface area contributed by atoms with Gasteiger partial charge in [-0.05, 0) is 51.4 Å². The minimum absolute atomic E-state index is 0.157. The lowest BCUT2D eigenvalue weighted by molar-refractivity contribution is -0.155. The zero-order valence-electron chi connectivity index (χ0n) is 45.0. The van der Waals surface area contributed by atoms with Crippen LogP contribution in [0.25, 0.3) is 0 Å². The highest BCUT2D eigenvalue weighted by molar-refractivity contribution is 5.69. The van der Waals surface area contributed by atoms with E-state index in [0.717, 1.165) is 44.9 Å². The number of unbranched alkanes of at least 4 members (excludes halogenated alkanes) is 41. The van der Waals surface area contributed by atoms with Crippen molar-refractivity contribution in [1.82, 2.24) is 0 Å². The largest absolute Gasteiger partial charge is 0.463 e. The van der Waals surface area contributed by atoms with Gasteiger partial charge in [-0.2, -0.15) is 0 Å². The first-order chi connectivity index (χ1) is 32.6. The summed E-state index contributed by atoms with van der Waals surface area (Å²) in [6.45, 7) is 7.77. The summed E-state index contributed by atoms with van der Waals surface area (Å²) in [6, 6.07) is 0. The normalized spacial score (nSPS) is 12.2. The summed E-state index contributed by atoms with van der Waals surface area (Å²) in [5, 5.41) is 0. The number of ether oxygens (including phenoxy) is 3. The average molecular weight is 930 g/mol. The van der Waals surface area contributed by atoms with Crippen LogP contribution >= 0.6 is 0 Å². The van der Waals surface area contributed by atoms with Crippen LogP contribution in [0.2, 0.25) is 0 Å². The fourth-order valence-electron chi connectivity index (χ4n) is 8.99. The molecule has 5 heteroatoms. The van der Waals surface area contributed by atoms with Crippen molar-refractivity contribution >= 4 is 11.9 Å². The quantitative estimate of drug-likeness (QED) is 0.0345. The van der Waals surface area contributed by atoms with Crippen molar-refractivity contribution in [3.05, 3.63) is 24.3 Å². The molecule has 0 saturated carbocycles. The molecule has 390 valence electrons. The van der Waals surface area contributed by atoms with Crippen LogP contribution in [0.15, 0.2) is 24.3 Å². The van der Waals surface area contributed by atoms with Crippen molar-refractivity contribution in [3.8, 4) is 0 Å².